The zero-order valence-corrected chi connectivity index (χ0v) is 13.0. The number of likely N-dealkylation sites (N-methyl/N-ethyl adjacent to an activating group) is 1. The Labute approximate surface area is 117 Å². The second-order valence-electron chi connectivity index (χ2n) is 6.46. The van der Waals surface area contributed by atoms with E-state index in [9.17, 15) is 4.79 Å². The number of hydrogen-bond acceptors (Lipinski definition) is 4. The normalized spacial score (nSPS) is 24.5. The number of amides is 1. The van der Waals surface area contributed by atoms with Gasteiger partial charge in [0.1, 0.15) is 5.60 Å². The molecule has 0 spiro atoms. The van der Waals surface area contributed by atoms with Crippen LogP contribution in [-0.4, -0.2) is 55.4 Å². The Morgan fingerprint density at radius 3 is 2.58 bits per heavy atom. The molecule has 1 aliphatic heterocycles. The zero-order valence-electron chi connectivity index (χ0n) is 13.0. The van der Waals surface area contributed by atoms with Gasteiger partial charge in [-0.15, -0.1) is 0 Å². The van der Waals surface area contributed by atoms with Crippen LogP contribution in [0.25, 0.3) is 0 Å². The van der Waals surface area contributed by atoms with E-state index >= 15 is 0 Å². The smallest absolute Gasteiger partial charge is 0.407 e. The third-order valence-electron chi connectivity index (χ3n) is 3.34. The molecule has 0 aromatic heterocycles. The number of ether oxygens (including phenoxy) is 1. The van der Waals surface area contributed by atoms with Crippen LogP contribution in [0.4, 0.5) is 4.79 Å². The van der Waals surface area contributed by atoms with Crippen molar-refractivity contribution in [3.05, 3.63) is 0 Å². The van der Waals surface area contributed by atoms with Gasteiger partial charge in [0, 0.05) is 25.2 Å². The molecule has 19 heavy (non-hydrogen) atoms. The average Bonchev–Trinajstić information content (AvgIpc) is 2.55. The molecule has 0 aromatic rings. The maximum Gasteiger partial charge on any atom is 0.407 e. The zero-order chi connectivity index (χ0) is 14.5. The Hall–Kier alpha value is -0.810. The Bertz CT molecular complexity index is 279. The average molecular weight is 271 g/mol. The number of rotatable bonds is 5. The second kappa shape index (κ2) is 7.10. The molecule has 0 saturated carbocycles. The molecule has 1 amide bonds. The first-order chi connectivity index (χ1) is 8.78. The molecule has 1 heterocycles. The summed E-state index contributed by atoms with van der Waals surface area (Å²) < 4.78 is 5.17. The monoisotopic (exact) mass is 271 g/mol. The summed E-state index contributed by atoms with van der Waals surface area (Å²) in [5.41, 5.74) is -0.424. The van der Waals surface area contributed by atoms with Gasteiger partial charge in [-0.3, -0.25) is 0 Å². The summed E-state index contributed by atoms with van der Waals surface area (Å²) in [4.78, 5) is 13.8. The molecule has 5 heteroatoms. The van der Waals surface area contributed by atoms with Gasteiger partial charge in [0.15, 0.2) is 0 Å². The highest BCUT2D eigenvalue weighted by molar-refractivity contribution is 5.67. The van der Waals surface area contributed by atoms with E-state index in [2.05, 4.69) is 29.5 Å². The number of hydrogen-bond donors (Lipinski definition) is 2. The number of carbonyl (C=O) groups excluding carboxylic acids is 1. The topological polar surface area (TPSA) is 53.6 Å². The van der Waals surface area contributed by atoms with Gasteiger partial charge >= 0.3 is 6.09 Å². The molecule has 2 atom stereocenters. The predicted molar refractivity (Wildman–Crippen MR) is 77.4 cm³/mol. The molecular weight excluding hydrogens is 242 g/mol. The summed E-state index contributed by atoms with van der Waals surface area (Å²) in [6.07, 6.45) is 1.80. The fourth-order valence-corrected chi connectivity index (χ4v) is 2.24. The molecule has 0 bridgehead atoms. The molecule has 0 radical (unpaired) electrons. The van der Waals surface area contributed by atoms with Crippen molar-refractivity contribution in [2.75, 3.05) is 26.7 Å². The van der Waals surface area contributed by atoms with E-state index < -0.39 is 5.60 Å². The quantitative estimate of drug-likeness (QED) is 0.746. The van der Waals surface area contributed by atoms with Crippen molar-refractivity contribution in [3.63, 3.8) is 0 Å². The van der Waals surface area contributed by atoms with Crippen molar-refractivity contribution in [1.29, 1.82) is 0 Å². The lowest BCUT2D eigenvalue weighted by Crippen LogP contribution is -2.36. The highest BCUT2D eigenvalue weighted by atomic mass is 16.6. The van der Waals surface area contributed by atoms with Crippen molar-refractivity contribution in [1.82, 2.24) is 15.5 Å². The molecule has 5 nitrogen and oxygen atoms in total. The minimum atomic E-state index is -0.424. The van der Waals surface area contributed by atoms with E-state index in [1.807, 2.05) is 20.8 Å². The van der Waals surface area contributed by atoms with Crippen molar-refractivity contribution in [3.8, 4) is 0 Å². The molecule has 2 N–H and O–H groups in total. The summed E-state index contributed by atoms with van der Waals surface area (Å²) in [6.45, 7) is 10.6. The number of alkyl carbamates (subject to hydrolysis) is 1. The standard InChI is InChI=1S/C14H29N3O2/c1-11-9-12(10-17(11)5)15-7-6-8-16-13(18)19-14(2,3)4/h11-12,15H,6-10H2,1-5H3,(H,16,18). The lowest BCUT2D eigenvalue weighted by atomic mass is 10.2. The van der Waals surface area contributed by atoms with Crippen LogP contribution >= 0.6 is 0 Å². The first-order valence-electron chi connectivity index (χ1n) is 7.18. The summed E-state index contributed by atoms with van der Waals surface area (Å²) in [7, 11) is 2.16. The van der Waals surface area contributed by atoms with Gasteiger partial charge in [-0.2, -0.15) is 0 Å². The lowest BCUT2D eigenvalue weighted by Gasteiger charge is -2.19. The van der Waals surface area contributed by atoms with Crippen molar-refractivity contribution < 1.29 is 9.53 Å². The summed E-state index contributed by atoms with van der Waals surface area (Å²) in [5.74, 6) is 0. The fraction of sp³-hybridized carbons (Fsp3) is 0.929. The van der Waals surface area contributed by atoms with Crippen LogP contribution in [0.5, 0.6) is 0 Å². The Kier molecular flexibility index (Phi) is 6.07. The maximum atomic E-state index is 11.4. The minimum Gasteiger partial charge on any atom is -0.444 e. The van der Waals surface area contributed by atoms with Crippen LogP contribution in [0.1, 0.15) is 40.5 Å². The van der Waals surface area contributed by atoms with Crippen LogP contribution in [0.15, 0.2) is 0 Å². The van der Waals surface area contributed by atoms with E-state index in [0.717, 1.165) is 19.5 Å². The van der Waals surface area contributed by atoms with E-state index in [1.165, 1.54) is 6.42 Å². The molecule has 1 saturated heterocycles. The first-order valence-corrected chi connectivity index (χ1v) is 7.18. The van der Waals surface area contributed by atoms with E-state index in [0.29, 0.717) is 18.6 Å². The number of likely N-dealkylation sites (tertiary alicyclic amines) is 1. The third-order valence-corrected chi connectivity index (χ3v) is 3.34. The van der Waals surface area contributed by atoms with Gasteiger partial charge in [-0.1, -0.05) is 0 Å². The van der Waals surface area contributed by atoms with Gasteiger partial charge in [-0.25, -0.2) is 4.79 Å². The van der Waals surface area contributed by atoms with Gasteiger partial charge in [0.25, 0.3) is 0 Å². The fourth-order valence-electron chi connectivity index (χ4n) is 2.24. The molecule has 1 fully saturated rings. The second-order valence-corrected chi connectivity index (χ2v) is 6.46. The van der Waals surface area contributed by atoms with E-state index in [1.54, 1.807) is 0 Å². The first kappa shape index (κ1) is 16.2. The van der Waals surface area contributed by atoms with Crippen LogP contribution in [0.2, 0.25) is 0 Å². The Morgan fingerprint density at radius 1 is 1.37 bits per heavy atom. The maximum absolute atomic E-state index is 11.4. The Balaban J connectivity index is 2.01. The van der Waals surface area contributed by atoms with E-state index in [4.69, 9.17) is 4.74 Å². The van der Waals surface area contributed by atoms with Crippen LogP contribution in [0, 0.1) is 0 Å². The SMILES string of the molecule is CC1CC(NCCCNC(=O)OC(C)(C)C)CN1C. The Morgan fingerprint density at radius 2 is 2.05 bits per heavy atom. The molecule has 1 rings (SSSR count). The van der Waals surface area contributed by atoms with Crippen molar-refractivity contribution >= 4 is 6.09 Å². The van der Waals surface area contributed by atoms with Gasteiger partial charge in [0.05, 0.1) is 0 Å². The van der Waals surface area contributed by atoms with Gasteiger partial charge in [0.2, 0.25) is 0 Å². The summed E-state index contributed by atoms with van der Waals surface area (Å²) >= 11 is 0. The molecule has 2 unspecified atom stereocenters. The summed E-state index contributed by atoms with van der Waals surface area (Å²) in [5, 5.41) is 6.30. The highest BCUT2D eigenvalue weighted by Crippen LogP contribution is 2.14. The van der Waals surface area contributed by atoms with E-state index in [-0.39, 0.29) is 6.09 Å². The third kappa shape index (κ3) is 6.78. The minimum absolute atomic E-state index is 0.332. The molecule has 112 valence electrons. The van der Waals surface area contributed by atoms with Crippen molar-refractivity contribution in [2.45, 2.75) is 58.2 Å². The summed E-state index contributed by atoms with van der Waals surface area (Å²) in [6, 6.07) is 1.25. The molecule has 1 aliphatic rings. The molecular formula is C14H29N3O2. The highest BCUT2D eigenvalue weighted by Gasteiger charge is 2.25. The van der Waals surface area contributed by atoms with Crippen LogP contribution in [-0.2, 0) is 4.74 Å². The largest absolute Gasteiger partial charge is 0.444 e. The van der Waals surface area contributed by atoms with Gasteiger partial charge < -0.3 is 20.3 Å². The van der Waals surface area contributed by atoms with Gasteiger partial charge in [-0.05, 0) is 54.1 Å². The predicted octanol–water partition coefficient (Wildman–Crippen LogP) is 1.58. The van der Waals surface area contributed by atoms with Crippen LogP contribution < -0.4 is 10.6 Å². The number of carbonyl (C=O) groups is 1. The van der Waals surface area contributed by atoms with Crippen molar-refractivity contribution in [2.24, 2.45) is 0 Å². The lowest BCUT2D eigenvalue weighted by molar-refractivity contribution is 0.0527. The molecule has 0 aromatic carbocycles. The number of nitrogens with zero attached hydrogens (tertiary/aromatic N) is 1. The number of nitrogens with one attached hydrogen (secondary N) is 2. The molecule has 0 aliphatic carbocycles. The van der Waals surface area contributed by atoms with Crippen LogP contribution in [0.3, 0.4) is 0 Å².